The van der Waals surface area contributed by atoms with Crippen LogP contribution in [0.3, 0.4) is 0 Å². The van der Waals surface area contributed by atoms with Gasteiger partial charge in [-0.1, -0.05) is 36.4 Å². The topological polar surface area (TPSA) is 68.2 Å². The first-order valence-corrected chi connectivity index (χ1v) is 10.6. The minimum atomic E-state index is -0.282. The number of fused-ring (bicyclic) bond motifs is 5. The van der Waals surface area contributed by atoms with Gasteiger partial charge in [-0.2, -0.15) is 10.1 Å². The van der Waals surface area contributed by atoms with Gasteiger partial charge in [0.25, 0.3) is 11.8 Å². The van der Waals surface area contributed by atoms with Crippen molar-refractivity contribution in [3.05, 3.63) is 45.9 Å². The summed E-state index contributed by atoms with van der Waals surface area (Å²) in [6, 6.07) is 1.71. The van der Waals surface area contributed by atoms with Crippen molar-refractivity contribution in [2.75, 3.05) is 13.2 Å². The van der Waals surface area contributed by atoms with Crippen LogP contribution in [0.2, 0.25) is 5.02 Å². The minimum absolute atomic E-state index is 0.147. The number of halogens is 2. The maximum Gasteiger partial charge on any atom is 0.254 e. The van der Waals surface area contributed by atoms with E-state index in [0.717, 1.165) is 11.4 Å². The van der Waals surface area contributed by atoms with Gasteiger partial charge in [0.15, 0.2) is 11.5 Å². The van der Waals surface area contributed by atoms with Crippen LogP contribution in [0, 0.1) is 23.7 Å². The van der Waals surface area contributed by atoms with Crippen LogP contribution in [0.5, 0.6) is 11.5 Å². The van der Waals surface area contributed by atoms with Gasteiger partial charge in [0.05, 0.1) is 24.7 Å². The van der Waals surface area contributed by atoms with Gasteiger partial charge in [-0.3, -0.25) is 9.59 Å². The van der Waals surface area contributed by atoms with Crippen molar-refractivity contribution in [1.29, 1.82) is 0 Å². The van der Waals surface area contributed by atoms with E-state index in [1.807, 2.05) is 6.92 Å². The van der Waals surface area contributed by atoms with Crippen LogP contribution in [0.25, 0.3) is 0 Å². The van der Waals surface area contributed by atoms with Gasteiger partial charge in [-0.05, 0) is 47.2 Å². The van der Waals surface area contributed by atoms with Crippen LogP contribution in [-0.4, -0.2) is 36.3 Å². The van der Waals surface area contributed by atoms with E-state index in [0.29, 0.717) is 33.2 Å². The molecule has 3 aliphatic rings. The van der Waals surface area contributed by atoms with E-state index in [1.54, 1.807) is 12.1 Å². The molecular formula is C21H20BrClN2O4. The zero-order valence-electron chi connectivity index (χ0n) is 15.8. The summed E-state index contributed by atoms with van der Waals surface area (Å²) in [7, 11) is 0. The summed E-state index contributed by atoms with van der Waals surface area (Å²) in [4.78, 5) is 25.5. The van der Waals surface area contributed by atoms with Crippen LogP contribution < -0.4 is 9.47 Å². The summed E-state index contributed by atoms with van der Waals surface area (Å²) in [6.07, 6.45) is 8.05. The SMILES string of the molecule is C=CCOc1c(OCC)cc(C=NN2C(=O)C3C4C=CC(C4)C3C2=O)c(Br)c1Cl. The van der Waals surface area contributed by atoms with E-state index in [4.69, 9.17) is 21.1 Å². The summed E-state index contributed by atoms with van der Waals surface area (Å²) in [5.41, 5.74) is 0.572. The van der Waals surface area contributed by atoms with Crippen molar-refractivity contribution in [2.24, 2.45) is 28.8 Å². The summed E-state index contributed by atoms with van der Waals surface area (Å²) >= 11 is 9.89. The lowest BCUT2D eigenvalue weighted by Crippen LogP contribution is -2.28. The third-order valence-corrected chi connectivity index (χ3v) is 7.00. The summed E-state index contributed by atoms with van der Waals surface area (Å²) in [5.74, 6) is 0.107. The second kappa shape index (κ2) is 7.95. The highest BCUT2D eigenvalue weighted by molar-refractivity contribution is 9.10. The van der Waals surface area contributed by atoms with Gasteiger partial charge in [-0.15, -0.1) is 0 Å². The van der Waals surface area contributed by atoms with Gasteiger partial charge in [0.2, 0.25) is 0 Å². The molecule has 1 saturated carbocycles. The Labute approximate surface area is 182 Å². The van der Waals surface area contributed by atoms with Crippen molar-refractivity contribution in [2.45, 2.75) is 13.3 Å². The fourth-order valence-electron chi connectivity index (χ4n) is 4.36. The molecular weight excluding hydrogens is 460 g/mol. The van der Waals surface area contributed by atoms with Crippen molar-refractivity contribution in [3.63, 3.8) is 0 Å². The smallest absolute Gasteiger partial charge is 0.254 e. The number of nitrogens with zero attached hydrogens (tertiary/aromatic N) is 2. The van der Waals surface area contributed by atoms with Crippen LogP contribution in [-0.2, 0) is 9.59 Å². The number of hydrogen-bond donors (Lipinski definition) is 0. The largest absolute Gasteiger partial charge is 0.490 e. The third-order valence-electron chi connectivity index (χ3n) is 5.56. The van der Waals surface area contributed by atoms with E-state index in [2.05, 4.69) is 39.8 Å². The van der Waals surface area contributed by atoms with Gasteiger partial charge in [-0.25, -0.2) is 0 Å². The number of allylic oxidation sites excluding steroid dienone is 2. The maximum absolute atomic E-state index is 12.8. The van der Waals surface area contributed by atoms with Crippen LogP contribution in [0.15, 0.2) is 40.4 Å². The molecule has 1 aromatic rings. The number of rotatable bonds is 7. The summed E-state index contributed by atoms with van der Waals surface area (Å²) in [5, 5.41) is 5.53. The molecule has 2 aliphatic carbocycles. The molecule has 152 valence electrons. The molecule has 2 bridgehead atoms. The average Bonchev–Trinajstić information content (AvgIpc) is 3.38. The Bertz CT molecular complexity index is 915. The molecule has 0 N–H and O–H groups in total. The van der Waals surface area contributed by atoms with Gasteiger partial charge >= 0.3 is 0 Å². The van der Waals surface area contributed by atoms with Crippen molar-refractivity contribution in [3.8, 4) is 11.5 Å². The van der Waals surface area contributed by atoms with Crippen LogP contribution in [0.4, 0.5) is 0 Å². The fourth-order valence-corrected chi connectivity index (χ4v) is 5.01. The average molecular weight is 480 g/mol. The first kappa shape index (κ1) is 20.2. The molecule has 1 heterocycles. The Hall–Kier alpha value is -2.12. The molecule has 8 heteroatoms. The molecule has 6 nitrogen and oxygen atoms in total. The number of amides is 2. The van der Waals surface area contributed by atoms with Crippen LogP contribution in [0.1, 0.15) is 18.9 Å². The molecule has 1 aromatic carbocycles. The Kier molecular flexibility index (Phi) is 5.53. The first-order valence-electron chi connectivity index (χ1n) is 9.46. The molecule has 4 unspecified atom stereocenters. The number of carbonyl (C=O) groups is 2. The van der Waals surface area contributed by atoms with E-state index in [9.17, 15) is 9.59 Å². The third kappa shape index (κ3) is 3.30. The van der Waals surface area contributed by atoms with Gasteiger partial charge in [0.1, 0.15) is 11.6 Å². The quantitative estimate of drug-likeness (QED) is 0.334. The summed E-state index contributed by atoms with van der Waals surface area (Å²) < 4.78 is 11.8. The molecule has 0 radical (unpaired) electrons. The minimum Gasteiger partial charge on any atom is -0.490 e. The van der Waals surface area contributed by atoms with Gasteiger partial charge < -0.3 is 9.47 Å². The first-order chi connectivity index (χ1) is 14.0. The Balaban J connectivity index is 1.62. The number of ether oxygens (including phenoxy) is 2. The number of carbonyl (C=O) groups excluding carboxylic acids is 2. The predicted molar refractivity (Wildman–Crippen MR) is 113 cm³/mol. The zero-order valence-corrected chi connectivity index (χ0v) is 18.1. The molecule has 29 heavy (non-hydrogen) atoms. The predicted octanol–water partition coefficient (Wildman–Crippen LogP) is 4.21. The standard InChI is InChI=1S/C21H20BrClN2O4/c1-3-7-29-19-14(28-4-2)9-13(17(22)18(19)23)10-24-25-20(26)15-11-5-6-12(8-11)16(15)21(25)27/h3,5-6,9-12,15-16H,1,4,7-8H2,2H3. The lowest BCUT2D eigenvalue weighted by Gasteiger charge is -2.15. The highest BCUT2D eigenvalue weighted by Gasteiger charge is 2.59. The second-order valence-corrected chi connectivity index (χ2v) is 8.36. The second-order valence-electron chi connectivity index (χ2n) is 7.19. The van der Waals surface area contributed by atoms with E-state index < -0.39 is 0 Å². The fraction of sp³-hybridized carbons (Fsp3) is 0.381. The molecule has 0 spiro atoms. The lowest BCUT2D eigenvalue weighted by atomic mass is 9.85. The molecule has 2 fully saturated rings. The number of hydrazone groups is 1. The van der Waals surface area contributed by atoms with Crippen molar-refractivity contribution < 1.29 is 19.1 Å². The summed E-state index contributed by atoms with van der Waals surface area (Å²) in [6.45, 7) is 6.17. The molecule has 4 rings (SSSR count). The Morgan fingerprint density at radius 2 is 1.93 bits per heavy atom. The van der Waals surface area contributed by atoms with Crippen molar-refractivity contribution >= 4 is 45.6 Å². The number of hydrogen-bond acceptors (Lipinski definition) is 5. The van der Waals surface area contributed by atoms with Crippen LogP contribution >= 0.6 is 27.5 Å². The lowest BCUT2D eigenvalue weighted by molar-refractivity contribution is -0.140. The molecule has 0 aromatic heterocycles. The van der Waals surface area contributed by atoms with Crippen molar-refractivity contribution in [1.82, 2.24) is 5.01 Å². The highest BCUT2D eigenvalue weighted by Crippen LogP contribution is 2.52. The molecule has 4 atom stereocenters. The number of imide groups is 1. The van der Waals surface area contributed by atoms with E-state index in [1.165, 1.54) is 6.21 Å². The number of benzene rings is 1. The van der Waals surface area contributed by atoms with E-state index >= 15 is 0 Å². The van der Waals surface area contributed by atoms with Gasteiger partial charge in [0, 0.05) is 10.0 Å². The molecule has 1 aliphatic heterocycles. The monoisotopic (exact) mass is 478 g/mol. The molecule has 1 saturated heterocycles. The normalized spacial score (nSPS) is 27.2. The molecule has 2 amide bonds. The zero-order chi connectivity index (χ0) is 20.7. The maximum atomic E-state index is 12.8. The Morgan fingerprint density at radius 3 is 2.52 bits per heavy atom. The van der Waals surface area contributed by atoms with E-state index in [-0.39, 0.29) is 42.1 Å². The highest BCUT2D eigenvalue weighted by atomic mass is 79.9. The Morgan fingerprint density at radius 1 is 1.28 bits per heavy atom.